The van der Waals surface area contributed by atoms with Gasteiger partial charge in [-0.05, 0) is 68.6 Å². The third-order valence-corrected chi connectivity index (χ3v) is 5.50. The molecule has 2 heteroatoms. The predicted octanol–water partition coefficient (Wildman–Crippen LogP) is 4.41. The average Bonchev–Trinajstić information content (AvgIpc) is 2.93. The zero-order chi connectivity index (χ0) is 14.1. The summed E-state index contributed by atoms with van der Waals surface area (Å²) >= 11 is 0. The van der Waals surface area contributed by atoms with Crippen LogP contribution >= 0.6 is 0 Å². The van der Waals surface area contributed by atoms with Crippen molar-refractivity contribution in [1.29, 1.82) is 0 Å². The van der Waals surface area contributed by atoms with Crippen LogP contribution in [-0.4, -0.2) is 11.7 Å². The van der Waals surface area contributed by atoms with Crippen LogP contribution in [0.25, 0.3) is 0 Å². The zero-order valence-corrected chi connectivity index (χ0v) is 12.5. The molecule has 0 aromatic heterocycles. The van der Waals surface area contributed by atoms with Crippen molar-refractivity contribution in [1.82, 2.24) is 0 Å². The largest absolute Gasteiger partial charge is 0.494 e. The number of ether oxygens (including phenoxy) is 1. The molecule has 0 radical (unpaired) electrons. The number of hydrogen-bond acceptors (Lipinski definition) is 2. The summed E-state index contributed by atoms with van der Waals surface area (Å²) in [5.41, 5.74) is 1.02. The molecule has 1 spiro atoms. The quantitative estimate of drug-likeness (QED) is 0.884. The maximum absolute atomic E-state index is 11.0. The molecule has 0 unspecified atom stereocenters. The fraction of sp³-hybridized carbons (Fsp3) is 0.667. The molecular formula is C18H26O2. The Hall–Kier alpha value is -1.02. The molecule has 1 aromatic carbocycles. The van der Waals surface area contributed by atoms with Crippen LogP contribution in [0.4, 0.5) is 0 Å². The normalized spacial score (nSPS) is 23.9. The van der Waals surface area contributed by atoms with Gasteiger partial charge in [-0.3, -0.25) is 0 Å². The van der Waals surface area contributed by atoms with Crippen LogP contribution in [0.5, 0.6) is 5.75 Å². The highest BCUT2D eigenvalue weighted by Gasteiger charge is 2.43. The van der Waals surface area contributed by atoms with Gasteiger partial charge in [-0.2, -0.15) is 0 Å². The van der Waals surface area contributed by atoms with E-state index in [-0.39, 0.29) is 0 Å². The monoisotopic (exact) mass is 274 g/mol. The highest BCUT2D eigenvalue weighted by molar-refractivity contribution is 5.31. The summed E-state index contributed by atoms with van der Waals surface area (Å²) in [6.07, 6.45) is 9.76. The van der Waals surface area contributed by atoms with Crippen molar-refractivity contribution in [3.05, 3.63) is 29.8 Å². The lowest BCUT2D eigenvalue weighted by Crippen LogP contribution is -2.35. The van der Waals surface area contributed by atoms with E-state index < -0.39 is 5.60 Å². The van der Waals surface area contributed by atoms with Crippen LogP contribution in [0, 0.1) is 5.41 Å². The van der Waals surface area contributed by atoms with Gasteiger partial charge >= 0.3 is 0 Å². The lowest BCUT2D eigenvalue weighted by Gasteiger charge is -2.42. The maximum atomic E-state index is 11.0. The molecule has 2 saturated carbocycles. The first-order chi connectivity index (χ1) is 9.66. The second kappa shape index (κ2) is 5.40. The van der Waals surface area contributed by atoms with Crippen LogP contribution in [-0.2, 0) is 5.60 Å². The predicted molar refractivity (Wildman–Crippen MR) is 80.9 cm³/mol. The summed E-state index contributed by atoms with van der Waals surface area (Å²) in [6.45, 7) is 2.68. The Labute approximate surface area is 122 Å². The first kappa shape index (κ1) is 13.9. The third kappa shape index (κ3) is 2.58. The SMILES string of the molecule is CCOc1ccc(C2(O)CCC3(CCCC3)CC2)cc1. The lowest BCUT2D eigenvalue weighted by molar-refractivity contribution is -0.0376. The van der Waals surface area contributed by atoms with Gasteiger partial charge < -0.3 is 9.84 Å². The van der Waals surface area contributed by atoms with E-state index in [9.17, 15) is 5.11 Å². The van der Waals surface area contributed by atoms with Crippen molar-refractivity contribution >= 4 is 0 Å². The van der Waals surface area contributed by atoms with E-state index in [4.69, 9.17) is 4.74 Å². The Balaban J connectivity index is 1.70. The van der Waals surface area contributed by atoms with E-state index in [0.717, 1.165) is 24.2 Å². The highest BCUT2D eigenvalue weighted by Crippen LogP contribution is 2.53. The standard InChI is InChI=1S/C18H26O2/c1-2-20-16-7-5-15(6-8-16)18(19)13-11-17(12-14-18)9-3-4-10-17/h5-8,19H,2-4,9-14H2,1H3. The van der Waals surface area contributed by atoms with E-state index in [1.165, 1.54) is 38.5 Å². The smallest absolute Gasteiger partial charge is 0.119 e. The van der Waals surface area contributed by atoms with Crippen LogP contribution in [0.3, 0.4) is 0 Å². The van der Waals surface area contributed by atoms with Crippen molar-refractivity contribution in [3.63, 3.8) is 0 Å². The Morgan fingerprint density at radius 2 is 1.55 bits per heavy atom. The third-order valence-electron chi connectivity index (χ3n) is 5.50. The fourth-order valence-electron chi connectivity index (χ4n) is 4.14. The lowest BCUT2D eigenvalue weighted by atomic mass is 9.66. The average molecular weight is 274 g/mol. The van der Waals surface area contributed by atoms with Crippen molar-refractivity contribution in [2.45, 2.75) is 63.9 Å². The van der Waals surface area contributed by atoms with Crippen molar-refractivity contribution in [3.8, 4) is 5.75 Å². The van der Waals surface area contributed by atoms with E-state index in [1.54, 1.807) is 0 Å². The van der Waals surface area contributed by atoms with Crippen LogP contribution < -0.4 is 4.74 Å². The highest BCUT2D eigenvalue weighted by atomic mass is 16.5. The molecule has 0 atom stereocenters. The minimum Gasteiger partial charge on any atom is -0.494 e. The molecular weight excluding hydrogens is 248 g/mol. The summed E-state index contributed by atoms with van der Waals surface area (Å²) < 4.78 is 5.48. The van der Waals surface area contributed by atoms with Crippen LogP contribution in [0.15, 0.2) is 24.3 Å². The van der Waals surface area contributed by atoms with Gasteiger partial charge in [0.2, 0.25) is 0 Å². The fourth-order valence-corrected chi connectivity index (χ4v) is 4.14. The Morgan fingerprint density at radius 3 is 2.10 bits per heavy atom. The molecule has 0 heterocycles. The Kier molecular flexibility index (Phi) is 3.76. The van der Waals surface area contributed by atoms with Gasteiger partial charge in [-0.1, -0.05) is 25.0 Å². The number of rotatable bonds is 3. The maximum Gasteiger partial charge on any atom is 0.119 e. The van der Waals surface area contributed by atoms with Crippen LogP contribution in [0.2, 0.25) is 0 Å². The van der Waals surface area contributed by atoms with Gasteiger partial charge in [0.25, 0.3) is 0 Å². The minimum atomic E-state index is -0.613. The van der Waals surface area contributed by atoms with Gasteiger partial charge in [0.15, 0.2) is 0 Å². The van der Waals surface area contributed by atoms with Gasteiger partial charge in [-0.25, -0.2) is 0 Å². The molecule has 2 aliphatic rings. The van der Waals surface area contributed by atoms with E-state index in [1.807, 2.05) is 31.2 Å². The second-order valence-corrected chi connectivity index (χ2v) is 6.70. The second-order valence-electron chi connectivity index (χ2n) is 6.70. The molecule has 0 amide bonds. The summed E-state index contributed by atoms with van der Waals surface area (Å²) in [7, 11) is 0. The van der Waals surface area contributed by atoms with E-state index >= 15 is 0 Å². The molecule has 2 fully saturated rings. The van der Waals surface area contributed by atoms with Gasteiger partial charge in [0.05, 0.1) is 12.2 Å². The first-order valence-electron chi connectivity index (χ1n) is 8.12. The molecule has 20 heavy (non-hydrogen) atoms. The molecule has 0 bridgehead atoms. The van der Waals surface area contributed by atoms with Gasteiger partial charge in [-0.15, -0.1) is 0 Å². The van der Waals surface area contributed by atoms with E-state index in [2.05, 4.69) is 0 Å². The molecule has 2 aliphatic carbocycles. The number of aliphatic hydroxyl groups is 1. The Bertz CT molecular complexity index is 433. The van der Waals surface area contributed by atoms with E-state index in [0.29, 0.717) is 12.0 Å². The molecule has 110 valence electrons. The summed E-state index contributed by atoms with van der Waals surface area (Å²) in [4.78, 5) is 0. The Morgan fingerprint density at radius 1 is 0.950 bits per heavy atom. The van der Waals surface area contributed by atoms with Gasteiger partial charge in [0.1, 0.15) is 5.75 Å². The summed E-state index contributed by atoms with van der Waals surface area (Å²) in [5, 5.41) is 11.0. The first-order valence-corrected chi connectivity index (χ1v) is 8.12. The summed E-state index contributed by atoms with van der Waals surface area (Å²) in [5.74, 6) is 0.892. The number of benzene rings is 1. The molecule has 2 nitrogen and oxygen atoms in total. The van der Waals surface area contributed by atoms with Crippen molar-refractivity contribution < 1.29 is 9.84 Å². The van der Waals surface area contributed by atoms with Crippen molar-refractivity contribution in [2.24, 2.45) is 5.41 Å². The topological polar surface area (TPSA) is 29.5 Å². The summed E-state index contributed by atoms with van der Waals surface area (Å²) in [6, 6.07) is 8.04. The minimum absolute atomic E-state index is 0.567. The van der Waals surface area contributed by atoms with Gasteiger partial charge in [0, 0.05) is 0 Å². The number of hydrogen-bond donors (Lipinski definition) is 1. The van der Waals surface area contributed by atoms with Crippen molar-refractivity contribution in [2.75, 3.05) is 6.61 Å². The molecule has 0 saturated heterocycles. The zero-order valence-electron chi connectivity index (χ0n) is 12.5. The molecule has 1 N–H and O–H groups in total. The molecule has 0 aliphatic heterocycles. The molecule has 3 rings (SSSR count). The molecule has 1 aromatic rings. The van der Waals surface area contributed by atoms with Crippen LogP contribution in [0.1, 0.15) is 63.9 Å².